The number of carbonyl (C=O) groups excluding carboxylic acids is 2. The van der Waals surface area contributed by atoms with Crippen LogP contribution in [0.25, 0.3) is 0 Å². The molecular weight excluding hydrogens is 206 g/mol. The molecule has 86 valence electrons. The number of hydrogen-bond acceptors (Lipinski definition) is 3. The van der Waals surface area contributed by atoms with Crippen molar-refractivity contribution in [2.75, 3.05) is 18.5 Å². The van der Waals surface area contributed by atoms with Crippen molar-refractivity contribution in [1.29, 1.82) is 0 Å². The summed E-state index contributed by atoms with van der Waals surface area (Å²) in [7, 11) is 0. The van der Waals surface area contributed by atoms with Crippen molar-refractivity contribution in [3.63, 3.8) is 0 Å². The van der Waals surface area contributed by atoms with Gasteiger partial charge in [-0.15, -0.1) is 0 Å². The van der Waals surface area contributed by atoms with Crippen LogP contribution in [0.15, 0.2) is 24.3 Å². The third-order valence-corrected chi connectivity index (χ3v) is 2.01. The Bertz CT molecular complexity index is 370. The van der Waals surface area contributed by atoms with Gasteiger partial charge in [0.2, 0.25) is 5.91 Å². The molecule has 0 atom stereocenters. The Morgan fingerprint density at radius 3 is 2.38 bits per heavy atom. The van der Waals surface area contributed by atoms with Gasteiger partial charge in [-0.05, 0) is 38.1 Å². The van der Waals surface area contributed by atoms with Gasteiger partial charge in [0.1, 0.15) is 6.61 Å². The van der Waals surface area contributed by atoms with Crippen LogP contribution in [0.1, 0.15) is 24.2 Å². The average Bonchev–Trinajstić information content (AvgIpc) is 2.27. The molecule has 1 rings (SSSR count). The molecule has 0 aliphatic heterocycles. The first-order valence-corrected chi connectivity index (χ1v) is 5.12. The number of nitrogens with one attached hydrogen (secondary N) is 1. The topological polar surface area (TPSA) is 55.4 Å². The molecule has 1 aromatic carbocycles. The van der Waals surface area contributed by atoms with Crippen molar-refractivity contribution in [1.82, 2.24) is 0 Å². The summed E-state index contributed by atoms with van der Waals surface area (Å²) >= 11 is 0. The molecule has 0 aliphatic carbocycles. The van der Waals surface area contributed by atoms with E-state index in [1.165, 1.54) is 6.92 Å². The predicted molar refractivity (Wildman–Crippen MR) is 61.6 cm³/mol. The monoisotopic (exact) mass is 221 g/mol. The highest BCUT2D eigenvalue weighted by Gasteiger charge is 2.03. The lowest BCUT2D eigenvalue weighted by Gasteiger charge is -2.05. The Morgan fingerprint density at radius 2 is 1.88 bits per heavy atom. The molecule has 0 heterocycles. The number of ether oxygens (including phenoxy) is 1. The lowest BCUT2D eigenvalue weighted by atomic mass is 10.1. The summed E-state index contributed by atoms with van der Waals surface area (Å²) in [6.07, 6.45) is 0. The molecule has 0 bridgehead atoms. The maximum absolute atomic E-state index is 11.3. The summed E-state index contributed by atoms with van der Waals surface area (Å²) in [6.45, 7) is 3.89. The highest BCUT2D eigenvalue weighted by molar-refractivity contribution is 5.95. The van der Waals surface area contributed by atoms with Crippen LogP contribution in [0.4, 0.5) is 5.69 Å². The maximum Gasteiger partial charge on any atom is 0.250 e. The highest BCUT2D eigenvalue weighted by atomic mass is 16.5. The molecule has 4 heteroatoms. The van der Waals surface area contributed by atoms with Gasteiger partial charge in [0.15, 0.2) is 5.78 Å². The summed E-state index contributed by atoms with van der Waals surface area (Å²) in [6, 6.07) is 6.75. The van der Waals surface area contributed by atoms with Crippen LogP contribution in [0.3, 0.4) is 0 Å². The van der Waals surface area contributed by atoms with Crippen molar-refractivity contribution in [3.8, 4) is 0 Å². The van der Waals surface area contributed by atoms with Crippen LogP contribution in [-0.2, 0) is 9.53 Å². The SMILES string of the molecule is CCOCC(=O)Nc1ccc(C(C)=O)cc1. The number of anilines is 1. The van der Waals surface area contributed by atoms with Gasteiger partial charge in [0, 0.05) is 17.9 Å². The van der Waals surface area contributed by atoms with Crippen LogP contribution in [0, 0.1) is 0 Å². The van der Waals surface area contributed by atoms with Gasteiger partial charge in [-0.2, -0.15) is 0 Å². The lowest BCUT2D eigenvalue weighted by Crippen LogP contribution is -2.18. The molecule has 0 saturated carbocycles. The Morgan fingerprint density at radius 1 is 1.25 bits per heavy atom. The van der Waals surface area contributed by atoms with Crippen LogP contribution in [0.2, 0.25) is 0 Å². The van der Waals surface area contributed by atoms with Crippen LogP contribution in [0.5, 0.6) is 0 Å². The molecular formula is C12H15NO3. The summed E-state index contributed by atoms with van der Waals surface area (Å²) < 4.78 is 4.96. The van der Waals surface area contributed by atoms with Gasteiger partial charge >= 0.3 is 0 Å². The van der Waals surface area contributed by atoms with Gasteiger partial charge in [0.05, 0.1) is 0 Å². The number of benzene rings is 1. The molecule has 1 amide bonds. The normalized spacial score (nSPS) is 9.88. The summed E-state index contributed by atoms with van der Waals surface area (Å²) in [4.78, 5) is 22.3. The van der Waals surface area contributed by atoms with Gasteiger partial charge < -0.3 is 10.1 Å². The molecule has 0 unspecified atom stereocenters. The zero-order valence-electron chi connectivity index (χ0n) is 9.45. The molecule has 0 radical (unpaired) electrons. The van der Waals surface area contributed by atoms with Crippen molar-refractivity contribution in [3.05, 3.63) is 29.8 Å². The average molecular weight is 221 g/mol. The summed E-state index contributed by atoms with van der Waals surface area (Å²) in [5.74, 6) is -0.190. The second kappa shape index (κ2) is 6.02. The molecule has 16 heavy (non-hydrogen) atoms. The van der Waals surface area contributed by atoms with E-state index in [1.807, 2.05) is 6.92 Å². The van der Waals surface area contributed by atoms with Crippen molar-refractivity contribution in [2.45, 2.75) is 13.8 Å². The van der Waals surface area contributed by atoms with E-state index >= 15 is 0 Å². The zero-order chi connectivity index (χ0) is 12.0. The first kappa shape index (κ1) is 12.4. The van der Waals surface area contributed by atoms with Crippen LogP contribution < -0.4 is 5.32 Å². The molecule has 1 N–H and O–H groups in total. The van der Waals surface area contributed by atoms with Crippen LogP contribution in [-0.4, -0.2) is 24.9 Å². The standard InChI is InChI=1S/C12H15NO3/c1-3-16-8-12(15)13-11-6-4-10(5-7-11)9(2)14/h4-7H,3,8H2,1-2H3,(H,13,15). The number of carbonyl (C=O) groups is 2. The third kappa shape index (κ3) is 3.82. The van der Waals surface area contributed by atoms with E-state index in [4.69, 9.17) is 4.74 Å². The highest BCUT2D eigenvalue weighted by Crippen LogP contribution is 2.09. The molecule has 0 aliphatic rings. The van der Waals surface area contributed by atoms with Crippen molar-refractivity contribution >= 4 is 17.4 Å². The molecule has 0 spiro atoms. The van der Waals surface area contributed by atoms with E-state index in [0.717, 1.165) is 0 Å². The number of amides is 1. The number of hydrogen-bond donors (Lipinski definition) is 1. The Kier molecular flexibility index (Phi) is 4.66. The van der Waals surface area contributed by atoms with Crippen LogP contribution >= 0.6 is 0 Å². The molecule has 1 aromatic rings. The summed E-state index contributed by atoms with van der Waals surface area (Å²) in [5, 5.41) is 2.67. The quantitative estimate of drug-likeness (QED) is 0.772. The molecule has 4 nitrogen and oxygen atoms in total. The molecule has 0 fully saturated rings. The second-order valence-electron chi connectivity index (χ2n) is 3.32. The number of Topliss-reactive ketones (excluding diaryl/α,β-unsaturated/α-hetero) is 1. The smallest absolute Gasteiger partial charge is 0.250 e. The zero-order valence-corrected chi connectivity index (χ0v) is 9.45. The molecule has 0 saturated heterocycles. The van der Waals surface area contributed by atoms with E-state index < -0.39 is 0 Å². The number of rotatable bonds is 5. The maximum atomic E-state index is 11.3. The fourth-order valence-electron chi connectivity index (χ4n) is 1.18. The minimum absolute atomic E-state index is 0.00666. The molecule has 0 aromatic heterocycles. The Labute approximate surface area is 94.6 Å². The van der Waals surface area contributed by atoms with E-state index in [9.17, 15) is 9.59 Å². The van der Waals surface area contributed by atoms with Crippen molar-refractivity contribution < 1.29 is 14.3 Å². The number of ketones is 1. The second-order valence-corrected chi connectivity index (χ2v) is 3.32. The lowest BCUT2D eigenvalue weighted by molar-refractivity contribution is -0.120. The minimum atomic E-state index is -0.197. The van der Waals surface area contributed by atoms with E-state index in [1.54, 1.807) is 24.3 Å². The first-order chi connectivity index (χ1) is 7.63. The summed E-state index contributed by atoms with van der Waals surface area (Å²) in [5.41, 5.74) is 1.29. The predicted octanol–water partition coefficient (Wildman–Crippen LogP) is 1.86. The first-order valence-electron chi connectivity index (χ1n) is 5.12. The fourth-order valence-corrected chi connectivity index (χ4v) is 1.18. The van der Waals surface area contributed by atoms with Gasteiger partial charge in [-0.25, -0.2) is 0 Å². The largest absolute Gasteiger partial charge is 0.372 e. The van der Waals surface area contributed by atoms with Gasteiger partial charge in [0.25, 0.3) is 0 Å². The van der Waals surface area contributed by atoms with E-state index in [0.29, 0.717) is 17.9 Å². The van der Waals surface area contributed by atoms with Crippen molar-refractivity contribution in [2.24, 2.45) is 0 Å². The van der Waals surface area contributed by atoms with Gasteiger partial charge in [-0.1, -0.05) is 0 Å². The Balaban J connectivity index is 2.55. The fraction of sp³-hybridized carbons (Fsp3) is 0.333. The van der Waals surface area contributed by atoms with E-state index in [2.05, 4.69) is 5.32 Å². The Hall–Kier alpha value is -1.68. The third-order valence-electron chi connectivity index (χ3n) is 2.01. The van der Waals surface area contributed by atoms with E-state index in [-0.39, 0.29) is 18.3 Å². The minimum Gasteiger partial charge on any atom is -0.372 e. The van der Waals surface area contributed by atoms with Gasteiger partial charge in [-0.3, -0.25) is 9.59 Å².